The molecule has 1 aromatic carbocycles. The fourth-order valence-corrected chi connectivity index (χ4v) is 4.49. The van der Waals surface area contributed by atoms with E-state index in [0.29, 0.717) is 49.1 Å². The highest BCUT2D eigenvalue weighted by atomic mass is 16.6. The Balaban J connectivity index is 1.74. The summed E-state index contributed by atoms with van der Waals surface area (Å²) >= 11 is 0. The molecule has 0 unspecified atom stereocenters. The van der Waals surface area contributed by atoms with Crippen molar-refractivity contribution in [2.75, 3.05) is 22.9 Å². The number of hydrogen-bond acceptors (Lipinski definition) is 5. The molecule has 2 aliphatic rings. The third-order valence-corrected chi connectivity index (χ3v) is 5.99. The molecular formula is C24H30N4O6. The van der Waals surface area contributed by atoms with Gasteiger partial charge in [0.15, 0.2) is 0 Å². The average Bonchev–Trinajstić information content (AvgIpc) is 3.44. The number of benzene rings is 1. The number of carboxylic acids is 1. The predicted molar refractivity (Wildman–Crippen MR) is 126 cm³/mol. The van der Waals surface area contributed by atoms with Crippen LogP contribution in [0.25, 0.3) is 10.9 Å². The topological polar surface area (TPSA) is 132 Å². The first-order valence-corrected chi connectivity index (χ1v) is 11.5. The second-order valence-electron chi connectivity index (χ2n) is 9.72. The van der Waals surface area contributed by atoms with Crippen LogP contribution in [0.3, 0.4) is 0 Å². The number of nitrogens with zero attached hydrogens (tertiary/aromatic N) is 2. The Hall–Kier alpha value is -3.56. The van der Waals surface area contributed by atoms with Crippen LogP contribution in [0.2, 0.25) is 0 Å². The summed E-state index contributed by atoms with van der Waals surface area (Å²) in [6.07, 6.45) is 1.51. The molecule has 0 bridgehead atoms. The number of ether oxygens (including phenoxy) is 1. The van der Waals surface area contributed by atoms with E-state index in [2.05, 4.69) is 10.3 Å². The fourth-order valence-electron chi connectivity index (χ4n) is 4.49. The lowest BCUT2D eigenvalue weighted by atomic mass is 10.0. The van der Waals surface area contributed by atoms with Crippen LogP contribution < -0.4 is 15.1 Å². The van der Waals surface area contributed by atoms with Gasteiger partial charge in [-0.3, -0.25) is 14.5 Å². The molecule has 0 aliphatic carbocycles. The van der Waals surface area contributed by atoms with Gasteiger partial charge in [-0.05, 0) is 51.8 Å². The maximum atomic E-state index is 12.5. The summed E-state index contributed by atoms with van der Waals surface area (Å²) in [5.74, 6) is -0.694. The number of carbonyl (C=O) groups excluding carboxylic acids is 3. The summed E-state index contributed by atoms with van der Waals surface area (Å²) in [5.41, 5.74) is 1.27. The fraction of sp³-hybridized carbons (Fsp3) is 0.500. The average molecular weight is 471 g/mol. The zero-order valence-corrected chi connectivity index (χ0v) is 19.6. The minimum Gasteiger partial charge on any atom is -0.480 e. The van der Waals surface area contributed by atoms with Gasteiger partial charge in [0.1, 0.15) is 17.5 Å². The lowest BCUT2D eigenvalue weighted by molar-refractivity contribution is -0.139. The van der Waals surface area contributed by atoms with Gasteiger partial charge in [-0.1, -0.05) is 0 Å². The molecule has 10 heteroatoms. The van der Waals surface area contributed by atoms with Crippen molar-refractivity contribution in [1.82, 2.24) is 10.3 Å². The van der Waals surface area contributed by atoms with Gasteiger partial charge >= 0.3 is 12.1 Å². The molecule has 34 heavy (non-hydrogen) atoms. The number of rotatable bonds is 6. The maximum absolute atomic E-state index is 12.5. The van der Waals surface area contributed by atoms with Crippen LogP contribution in [0, 0.1) is 0 Å². The molecule has 0 radical (unpaired) electrons. The van der Waals surface area contributed by atoms with Gasteiger partial charge in [-0.15, -0.1) is 0 Å². The molecule has 10 nitrogen and oxygen atoms in total. The molecule has 4 rings (SSSR count). The smallest absolute Gasteiger partial charge is 0.408 e. The molecule has 0 saturated carbocycles. The number of anilines is 2. The number of amides is 3. The number of carbonyl (C=O) groups is 4. The highest BCUT2D eigenvalue weighted by Crippen LogP contribution is 2.35. The minimum absolute atomic E-state index is 0.0429. The molecule has 3 N–H and O–H groups in total. The molecule has 182 valence electrons. The Morgan fingerprint density at radius 3 is 2.32 bits per heavy atom. The molecule has 3 heterocycles. The highest BCUT2D eigenvalue weighted by molar-refractivity contribution is 6.02. The van der Waals surface area contributed by atoms with E-state index in [4.69, 9.17) is 4.74 Å². The van der Waals surface area contributed by atoms with E-state index in [1.54, 1.807) is 30.6 Å². The maximum Gasteiger partial charge on any atom is 0.408 e. The number of aromatic amines is 1. The Kier molecular flexibility index (Phi) is 6.24. The summed E-state index contributed by atoms with van der Waals surface area (Å²) in [4.78, 5) is 55.8. The van der Waals surface area contributed by atoms with Gasteiger partial charge < -0.3 is 25.0 Å². The molecule has 1 aromatic heterocycles. The van der Waals surface area contributed by atoms with Crippen LogP contribution in [0.1, 0.15) is 52.0 Å². The Bertz CT molecular complexity index is 1150. The number of aliphatic carboxylic acids is 1. The van der Waals surface area contributed by atoms with Gasteiger partial charge in [0.2, 0.25) is 11.8 Å². The molecule has 2 aromatic rings. The van der Waals surface area contributed by atoms with Gasteiger partial charge in [0.05, 0.1) is 0 Å². The molecular weight excluding hydrogens is 440 g/mol. The van der Waals surface area contributed by atoms with Crippen molar-refractivity contribution in [2.24, 2.45) is 0 Å². The lowest BCUT2D eigenvalue weighted by Crippen LogP contribution is -2.44. The monoisotopic (exact) mass is 470 g/mol. The number of carboxylic acid groups (broad SMARTS) is 1. The second-order valence-corrected chi connectivity index (χ2v) is 9.72. The van der Waals surface area contributed by atoms with Gasteiger partial charge in [-0.25, -0.2) is 9.59 Å². The second kappa shape index (κ2) is 9.00. The van der Waals surface area contributed by atoms with Crippen LogP contribution in [0.4, 0.5) is 16.3 Å². The standard InChI is InChI=1S/C24H30N4O6/c1-24(2,3)34-23(33)26-18(22(31)32)13-16-15-12-14(27-10-4-6-19(27)29)8-9-17(15)25-21(16)28-11-5-7-20(28)30/h8-9,12,18,25H,4-7,10-11,13H2,1-3H3,(H,26,33)(H,31,32)/t18-/m0/s1. The molecule has 2 aliphatic heterocycles. The number of alkyl carbamates (subject to hydrolysis) is 1. The molecule has 3 amide bonds. The van der Waals surface area contributed by atoms with Crippen LogP contribution >= 0.6 is 0 Å². The lowest BCUT2D eigenvalue weighted by Gasteiger charge is -2.23. The summed E-state index contributed by atoms with van der Waals surface area (Å²) in [6.45, 7) is 6.23. The molecule has 2 saturated heterocycles. The van der Waals surface area contributed by atoms with E-state index in [1.165, 1.54) is 0 Å². The van der Waals surface area contributed by atoms with E-state index in [0.717, 1.165) is 17.6 Å². The first-order valence-electron chi connectivity index (χ1n) is 11.5. The largest absolute Gasteiger partial charge is 0.480 e. The van der Waals surface area contributed by atoms with E-state index in [9.17, 15) is 24.3 Å². The van der Waals surface area contributed by atoms with Crippen molar-refractivity contribution in [2.45, 2.75) is 64.5 Å². The first-order chi connectivity index (χ1) is 16.0. The zero-order chi connectivity index (χ0) is 24.6. The SMILES string of the molecule is CC(C)(C)OC(=O)N[C@@H](Cc1c(N2CCCC2=O)[nH]c2ccc(N3CCCC3=O)cc12)C(=O)O. The highest BCUT2D eigenvalue weighted by Gasteiger charge is 2.31. The Morgan fingerprint density at radius 1 is 1.12 bits per heavy atom. The Morgan fingerprint density at radius 2 is 1.76 bits per heavy atom. The minimum atomic E-state index is -1.28. The van der Waals surface area contributed by atoms with Gasteiger partial charge in [0.25, 0.3) is 0 Å². The molecule has 0 spiro atoms. The first kappa shape index (κ1) is 23.6. The number of H-pyrrole nitrogens is 1. The van der Waals surface area contributed by atoms with Crippen molar-refractivity contribution >= 4 is 46.3 Å². The van der Waals surface area contributed by atoms with E-state index >= 15 is 0 Å². The Labute approximate surface area is 197 Å². The quantitative estimate of drug-likeness (QED) is 0.595. The van der Waals surface area contributed by atoms with Gasteiger partial charge in [0, 0.05) is 54.5 Å². The summed E-state index contributed by atoms with van der Waals surface area (Å²) in [5, 5.41) is 13.0. The van der Waals surface area contributed by atoms with Crippen LogP contribution in [-0.4, -0.2) is 58.7 Å². The molecule has 1 atom stereocenters. The van der Waals surface area contributed by atoms with E-state index in [-0.39, 0.29) is 18.2 Å². The summed E-state index contributed by atoms with van der Waals surface area (Å²) in [7, 11) is 0. The summed E-state index contributed by atoms with van der Waals surface area (Å²) < 4.78 is 5.24. The normalized spacial score (nSPS) is 17.5. The van der Waals surface area contributed by atoms with E-state index < -0.39 is 23.7 Å². The summed E-state index contributed by atoms with van der Waals surface area (Å²) in [6, 6.07) is 4.25. The number of aromatic nitrogens is 1. The van der Waals surface area contributed by atoms with Gasteiger partial charge in [-0.2, -0.15) is 0 Å². The van der Waals surface area contributed by atoms with Crippen molar-refractivity contribution in [3.05, 3.63) is 23.8 Å². The third kappa shape index (κ3) is 4.85. The predicted octanol–water partition coefficient (Wildman–Crippen LogP) is 2.94. The van der Waals surface area contributed by atoms with Crippen LogP contribution in [-0.2, 0) is 25.5 Å². The third-order valence-electron chi connectivity index (χ3n) is 5.99. The van der Waals surface area contributed by atoms with E-state index in [1.807, 2.05) is 18.2 Å². The zero-order valence-electron chi connectivity index (χ0n) is 19.6. The number of nitrogens with one attached hydrogen (secondary N) is 2. The van der Waals surface area contributed by atoms with Crippen molar-refractivity contribution in [3.8, 4) is 0 Å². The number of fused-ring (bicyclic) bond motifs is 1. The van der Waals surface area contributed by atoms with Crippen molar-refractivity contribution in [1.29, 1.82) is 0 Å². The van der Waals surface area contributed by atoms with Crippen LogP contribution in [0.5, 0.6) is 0 Å². The molecule has 2 fully saturated rings. The van der Waals surface area contributed by atoms with Crippen molar-refractivity contribution in [3.63, 3.8) is 0 Å². The van der Waals surface area contributed by atoms with Crippen LogP contribution in [0.15, 0.2) is 18.2 Å². The number of hydrogen-bond donors (Lipinski definition) is 3. The van der Waals surface area contributed by atoms with Crippen molar-refractivity contribution < 1.29 is 29.0 Å².